The number of carbonyl (C=O) groups excluding carboxylic acids is 2. The molecular formula is C20H19ClN2O3. The molecule has 6 heteroatoms. The van der Waals surface area contributed by atoms with E-state index in [9.17, 15) is 9.59 Å². The number of methoxy groups -OCH3 is 1. The van der Waals surface area contributed by atoms with Crippen LogP contribution in [0.1, 0.15) is 25.3 Å². The average Bonchev–Trinajstić information content (AvgIpc) is 2.85. The molecule has 0 aromatic heterocycles. The van der Waals surface area contributed by atoms with E-state index in [2.05, 4.69) is 19.2 Å². The minimum atomic E-state index is -0.550. The van der Waals surface area contributed by atoms with Gasteiger partial charge < -0.3 is 10.1 Å². The van der Waals surface area contributed by atoms with Crippen molar-refractivity contribution in [2.75, 3.05) is 17.3 Å². The van der Waals surface area contributed by atoms with Crippen molar-refractivity contribution in [1.29, 1.82) is 0 Å². The van der Waals surface area contributed by atoms with Crippen molar-refractivity contribution in [1.82, 2.24) is 0 Å². The van der Waals surface area contributed by atoms with Crippen molar-refractivity contribution in [2.45, 2.75) is 19.8 Å². The summed E-state index contributed by atoms with van der Waals surface area (Å²) in [5.74, 6) is -0.141. The maximum Gasteiger partial charge on any atom is 0.283 e. The fraction of sp³-hybridized carbons (Fsp3) is 0.200. The summed E-state index contributed by atoms with van der Waals surface area (Å²) in [5.41, 5.74) is 2.20. The van der Waals surface area contributed by atoms with Crippen molar-refractivity contribution in [3.05, 3.63) is 64.8 Å². The van der Waals surface area contributed by atoms with Crippen molar-refractivity contribution in [3.63, 3.8) is 0 Å². The van der Waals surface area contributed by atoms with E-state index in [-0.39, 0.29) is 10.7 Å². The highest BCUT2D eigenvalue weighted by Gasteiger charge is 2.39. The monoisotopic (exact) mass is 370 g/mol. The Bertz CT molecular complexity index is 888. The van der Waals surface area contributed by atoms with Crippen molar-refractivity contribution < 1.29 is 14.3 Å². The molecule has 0 atom stereocenters. The summed E-state index contributed by atoms with van der Waals surface area (Å²) in [6, 6.07) is 14.4. The van der Waals surface area contributed by atoms with Crippen molar-refractivity contribution in [3.8, 4) is 5.75 Å². The number of halogens is 1. The number of hydrogen-bond acceptors (Lipinski definition) is 4. The summed E-state index contributed by atoms with van der Waals surface area (Å²) in [5, 5.41) is 2.79. The van der Waals surface area contributed by atoms with Crippen molar-refractivity contribution in [2.24, 2.45) is 0 Å². The largest absolute Gasteiger partial charge is 0.495 e. The van der Waals surface area contributed by atoms with Crippen LogP contribution in [0.3, 0.4) is 0 Å². The van der Waals surface area contributed by atoms with Crippen LogP contribution in [-0.2, 0) is 9.59 Å². The van der Waals surface area contributed by atoms with Crippen LogP contribution in [0.4, 0.5) is 11.4 Å². The Labute approximate surface area is 157 Å². The molecule has 0 radical (unpaired) electrons. The van der Waals surface area contributed by atoms with Gasteiger partial charge in [0.2, 0.25) is 0 Å². The smallest absolute Gasteiger partial charge is 0.283 e. The molecule has 1 N–H and O–H groups in total. The second-order valence-corrected chi connectivity index (χ2v) is 6.58. The summed E-state index contributed by atoms with van der Waals surface area (Å²) in [6.07, 6.45) is 0. The Balaban J connectivity index is 1.90. The zero-order chi connectivity index (χ0) is 18.8. The van der Waals surface area contributed by atoms with Gasteiger partial charge in [-0.05, 0) is 35.7 Å². The Morgan fingerprint density at radius 2 is 1.65 bits per heavy atom. The molecule has 26 heavy (non-hydrogen) atoms. The van der Waals surface area contributed by atoms with Gasteiger partial charge in [0, 0.05) is 0 Å². The zero-order valence-electron chi connectivity index (χ0n) is 14.7. The highest BCUT2D eigenvalue weighted by atomic mass is 35.5. The number of imide groups is 1. The van der Waals surface area contributed by atoms with Gasteiger partial charge in [0.1, 0.15) is 16.5 Å². The normalized spacial score (nSPS) is 14.4. The minimum Gasteiger partial charge on any atom is -0.495 e. The zero-order valence-corrected chi connectivity index (χ0v) is 15.5. The van der Waals surface area contributed by atoms with Crippen LogP contribution in [0, 0.1) is 0 Å². The molecule has 0 spiro atoms. The summed E-state index contributed by atoms with van der Waals surface area (Å²) in [7, 11) is 1.53. The number of benzene rings is 2. The van der Waals surface area contributed by atoms with Crippen LogP contribution < -0.4 is 15.0 Å². The van der Waals surface area contributed by atoms with Crippen LogP contribution >= 0.6 is 11.6 Å². The fourth-order valence-electron chi connectivity index (χ4n) is 2.74. The number of para-hydroxylation sites is 2. The van der Waals surface area contributed by atoms with Gasteiger partial charge in [-0.25, -0.2) is 4.90 Å². The van der Waals surface area contributed by atoms with Crippen molar-refractivity contribution >= 4 is 34.8 Å². The van der Waals surface area contributed by atoms with Gasteiger partial charge in [-0.2, -0.15) is 0 Å². The molecule has 0 fully saturated rings. The summed E-state index contributed by atoms with van der Waals surface area (Å²) >= 11 is 6.16. The van der Waals surface area contributed by atoms with E-state index in [0.29, 0.717) is 23.0 Å². The third-order valence-electron chi connectivity index (χ3n) is 4.21. The molecule has 5 nitrogen and oxygen atoms in total. The molecule has 0 unspecified atom stereocenters. The van der Waals surface area contributed by atoms with Gasteiger partial charge in [-0.3, -0.25) is 9.59 Å². The second kappa shape index (κ2) is 7.22. The number of anilines is 2. The van der Waals surface area contributed by atoms with Crippen LogP contribution in [0.2, 0.25) is 0 Å². The number of nitrogens with one attached hydrogen (secondary N) is 1. The maximum atomic E-state index is 12.8. The topological polar surface area (TPSA) is 58.6 Å². The standard InChI is InChI=1S/C20H19ClN2O3/c1-12(2)13-8-10-14(11-9-13)23-19(24)17(21)18(20(23)25)22-15-6-4-5-7-16(15)26-3/h4-12,22H,1-3H3. The lowest BCUT2D eigenvalue weighted by Gasteiger charge is -2.16. The van der Waals surface area contributed by atoms with Crippen LogP contribution in [0.15, 0.2) is 59.3 Å². The molecule has 1 aliphatic rings. The molecule has 0 saturated heterocycles. The molecule has 2 aromatic carbocycles. The SMILES string of the molecule is COc1ccccc1NC1=C(Cl)C(=O)N(c2ccc(C(C)C)cc2)C1=O. The average molecular weight is 371 g/mol. The Kier molecular flexibility index (Phi) is 5.00. The fourth-order valence-corrected chi connectivity index (χ4v) is 2.95. The first-order valence-electron chi connectivity index (χ1n) is 8.22. The Morgan fingerprint density at radius 3 is 2.27 bits per heavy atom. The lowest BCUT2D eigenvalue weighted by molar-refractivity contribution is -0.120. The molecule has 0 bridgehead atoms. The molecule has 1 aliphatic heterocycles. The molecule has 3 rings (SSSR count). The third kappa shape index (κ3) is 3.18. The molecule has 0 saturated carbocycles. The highest BCUT2D eigenvalue weighted by Crippen LogP contribution is 2.33. The highest BCUT2D eigenvalue weighted by molar-refractivity contribution is 6.53. The van der Waals surface area contributed by atoms with Crippen LogP contribution in [0.5, 0.6) is 5.75 Å². The first kappa shape index (κ1) is 18.0. The van der Waals surface area contributed by atoms with E-state index in [4.69, 9.17) is 16.3 Å². The summed E-state index contributed by atoms with van der Waals surface area (Å²) in [6.45, 7) is 4.16. The third-order valence-corrected chi connectivity index (χ3v) is 4.56. The lowest BCUT2D eigenvalue weighted by Crippen LogP contribution is -2.32. The quantitative estimate of drug-likeness (QED) is 0.799. The Morgan fingerprint density at radius 1 is 1.00 bits per heavy atom. The maximum absolute atomic E-state index is 12.8. The number of ether oxygens (including phenoxy) is 1. The molecule has 2 aromatic rings. The summed E-state index contributed by atoms with van der Waals surface area (Å²) in [4.78, 5) is 26.4. The molecule has 0 aliphatic carbocycles. The van der Waals surface area contributed by atoms with Gasteiger partial charge in [-0.1, -0.05) is 49.7 Å². The summed E-state index contributed by atoms with van der Waals surface area (Å²) < 4.78 is 5.26. The van der Waals surface area contributed by atoms with E-state index < -0.39 is 11.8 Å². The predicted octanol–water partition coefficient (Wildman–Crippen LogP) is 4.25. The van der Waals surface area contributed by atoms with E-state index in [1.54, 1.807) is 30.3 Å². The predicted molar refractivity (Wildman–Crippen MR) is 103 cm³/mol. The van der Waals surface area contributed by atoms with E-state index in [1.165, 1.54) is 7.11 Å². The Hall–Kier alpha value is -2.79. The molecular weight excluding hydrogens is 352 g/mol. The second-order valence-electron chi connectivity index (χ2n) is 6.21. The lowest BCUT2D eigenvalue weighted by atomic mass is 10.0. The molecule has 134 valence electrons. The van der Waals surface area contributed by atoms with Gasteiger partial charge >= 0.3 is 0 Å². The van der Waals surface area contributed by atoms with Crippen LogP contribution in [-0.4, -0.2) is 18.9 Å². The number of hydrogen-bond donors (Lipinski definition) is 1. The number of rotatable bonds is 5. The van der Waals surface area contributed by atoms with Gasteiger partial charge in [0.15, 0.2) is 0 Å². The van der Waals surface area contributed by atoms with E-state index in [1.807, 2.05) is 18.2 Å². The van der Waals surface area contributed by atoms with Gasteiger partial charge in [0.05, 0.1) is 18.5 Å². The van der Waals surface area contributed by atoms with E-state index in [0.717, 1.165) is 10.5 Å². The van der Waals surface area contributed by atoms with Crippen LogP contribution in [0.25, 0.3) is 0 Å². The van der Waals surface area contributed by atoms with Gasteiger partial charge in [-0.15, -0.1) is 0 Å². The first-order valence-corrected chi connectivity index (χ1v) is 8.60. The van der Waals surface area contributed by atoms with Gasteiger partial charge in [0.25, 0.3) is 11.8 Å². The molecule has 2 amide bonds. The number of nitrogens with zero attached hydrogens (tertiary/aromatic N) is 1. The first-order chi connectivity index (χ1) is 12.4. The van der Waals surface area contributed by atoms with E-state index >= 15 is 0 Å². The number of amides is 2. The minimum absolute atomic E-state index is 0.0362. The molecule has 1 heterocycles. The number of carbonyl (C=O) groups is 2.